The minimum Gasteiger partial charge on any atom is -0.352 e. The van der Waals surface area contributed by atoms with E-state index in [0.29, 0.717) is 32.5 Å². The summed E-state index contributed by atoms with van der Waals surface area (Å²) in [5.41, 5.74) is 2.45. The van der Waals surface area contributed by atoms with E-state index in [1.165, 1.54) is 28.3 Å². The highest BCUT2D eigenvalue weighted by Gasteiger charge is 2.30. The summed E-state index contributed by atoms with van der Waals surface area (Å²) in [5.74, 6) is 0.0658. The van der Waals surface area contributed by atoms with Crippen molar-refractivity contribution in [2.75, 3.05) is 31.9 Å². The molecule has 0 saturated carbocycles. The number of nitrogens with one attached hydrogen (secondary N) is 1. The molecule has 2 aliphatic rings. The monoisotopic (exact) mass is 393 g/mol. The van der Waals surface area contributed by atoms with Crippen LogP contribution >= 0.6 is 0 Å². The van der Waals surface area contributed by atoms with E-state index in [9.17, 15) is 13.2 Å². The van der Waals surface area contributed by atoms with Gasteiger partial charge >= 0.3 is 0 Å². The standard InChI is InChI=1S/C20H31N3O3S/c1-2-27(25,26)23-13-9-17(10-14-23)20(24)21-15-18-7-3-4-8-19(18)16-22-11-5-6-12-22/h3-4,7-8,17H,2,5-6,9-16H2,1H3,(H,21,24). The van der Waals surface area contributed by atoms with Gasteiger partial charge in [0.1, 0.15) is 0 Å². The highest BCUT2D eigenvalue weighted by molar-refractivity contribution is 7.89. The zero-order chi connectivity index (χ0) is 19.3. The molecular formula is C20H31N3O3S. The average molecular weight is 394 g/mol. The normalized spacial score (nSPS) is 20.0. The summed E-state index contributed by atoms with van der Waals surface area (Å²) in [5, 5.41) is 3.08. The first-order valence-corrected chi connectivity index (χ1v) is 11.6. The van der Waals surface area contributed by atoms with Gasteiger partial charge in [0.15, 0.2) is 0 Å². The molecule has 0 bridgehead atoms. The van der Waals surface area contributed by atoms with Crippen LogP contribution in [0.15, 0.2) is 24.3 Å². The van der Waals surface area contributed by atoms with Gasteiger partial charge < -0.3 is 5.32 Å². The Labute approximate surface area is 163 Å². The van der Waals surface area contributed by atoms with E-state index in [0.717, 1.165) is 19.6 Å². The van der Waals surface area contributed by atoms with Crippen molar-refractivity contribution < 1.29 is 13.2 Å². The van der Waals surface area contributed by atoms with Gasteiger partial charge in [-0.15, -0.1) is 0 Å². The minimum atomic E-state index is -3.15. The smallest absolute Gasteiger partial charge is 0.223 e. The third kappa shape index (κ3) is 5.30. The van der Waals surface area contributed by atoms with E-state index in [2.05, 4.69) is 28.4 Å². The van der Waals surface area contributed by atoms with Crippen LogP contribution in [0.3, 0.4) is 0 Å². The summed E-state index contributed by atoms with van der Waals surface area (Å²) in [4.78, 5) is 15.0. The molecule has 2 fully saturated rings. The number of rotatable bonds is 7. The molecule has 6 nitrogen and oxygen atoms in total. The Kier molecular flexibility index (Phi) is 6.89. The lowest BCUT2D eigenvalue weighted by molar-refractivity contribution is -0.126. The van der Waals surface area contributed by atoms with Crippen molar-refractivity contribution in [2.24, 2.45) is 5.92 Å². The highest BCUT2D eigenvalue weighted by atomic mass is 32.2. The van der Waals surface area contributed by atoms with Crippen LogP contribution < -0.4 is 5.32 Å². The lowest BCUT2D eigenvalue weighted by Gasteiger charge is -2.30. The molecule has 0 spiro atoms. The minimum absolute atomic E-state index is 0.0412. The number of piperidine rings is 1. The molecule has 2 aliphatic heterocycles. The second-order valence-electron chi connectivity index (χ2n) is 7.54. The summed E-state index contributed by atoms with van der Waals surface area (Å²) in [7, 11) is -3.15. The van der Waals surface area contributed by atoms with Crippen molar-refractivity contribution in [1.29, 1.82) is 0 Å². The molecule has 0 radical (unpaired) electrons. The molecule has 1 aromatic carbocycles. The summed E-state index contributed by atoms with van der Waals surface area (Å²) < 4.78 is 25.4. The maximum Gasteiger partial charge on any atom is 0.223 e. The van der Waals surface area contributed by atoms with Crippen molar-refractivity contribution in [3.8, 4) is 0 Å². The topological polar surface area (TPSA) is 69.7 Å². The number of nitrogens with zero attached hydrogens (tertiary/aromatic N) is 2. The van der Waals surface area contributed by atoms with Gasteiger partial charge in [-0.1, -0.05) is 24.3 Å². The SMILES string of the molecule is CCS(=O)(=O)N1CCC(C(=O)NCc2ccccc2CN2CCCC2)CC1. The summed E-state index contributed by atoms with van der Waals surface area (Å²) in [6.07, 6.45) is 3.73. The van der Waals surface area contributed by atoms with Crippen LogP contribution in [0.1, 0.15) is 43.7 Å². The molecule has 0 unspecified atom stereocenters. The van der Waals surface area contributed by atoms with E-state index in [4.69, 9.17) is 0 Å². The largest absolute Gasteiger partial charge is 0.352 e. The van der Waals surface area contributed by atoms with Crippen LogP contribution in [-0.4, -0.2) is 55.5 Å². The number of hydrogen-bond acceptors (Lipinski definition) is 4. The van der Waals surface area contributed by atoms with E-state index in [1.807, 2.05) is 6.07 Å². The summed E-state index contributed by atoms with van der Waals surface area (Å²) in [6.45, 7) is 6.34. The van der Waals surface area contributed by atoms with Gasteiger partial charge in [0.25, 0.3) is 0 Å². The van der Waals surface area contributed by atoms with E-state index in [-0.39, 0.29) is 17.6 Å². The van der Waals surface area contributed by atoms with E-state index < -0.39 is 10.0 Å². The molecular weight excluding hydrogens is 362 g/mol. The first-order chi connectivity index (χ1) is 13.0. The van der Waals surface area contributed by atoms with Crippen LogP contribution in [0.2, 0.25) is 0 Å². The lowest BCUT2D eigenvalue weighted by Crippen LogP contribution is -2.43. The van der Waals surface area contributed by atoms with Crippen LogP contribution in [0.5, 0.6) is 0 Å². The highest BCUT2D eigenvalue weighted by Crippen LogP contribution is 2.21. The number of likely N-dealkylation sites (tertiary alicyclic amines) is 1. The average Bonchev–Trinajstić information content (AvgIpc) is 3.20. The molecule has 0 aliphatic carbocycles. The predicted molar refractivity (Wildman–Crippen MR) is 107 cm³/mol. The number of amides is 1. The predicted octanol–water partition coefficient (Wildman–Crippen LogP) is 1.96. The Hall–Kier alpha value is -1.44. The molecule has 27 heavy (non-hydrogen) atoms. The Morgan fingerprint density at radius 3 is 2.33 bits per heavy atom. The van der Waals surface area contributed by atoms with Gasteiger partial charge in [0, 0.05) is 32.1 Å². The van der Waals surface area contributed by atoms with Crippen molar-refractivity contribution in [3.63, 3.8) is 0 Å². The van der Waals surface area contributed by atoms with Gasteiger partial charge in [-0.05, 0) is 56.8 Å². The van der Waals surface area contributed by atoms with E-state index >= 15 is 0 Å². The van der Waals surface area contributed by atoms with Crippen molar-refractivity contribution in [2.45, 2.75) is 45.7 Å². The molecule has 0 atom stereocenters. The number of carbonyl (C=O) groups excluding carboxylic acids is 1. The maximum absolute atomic E-state index is 12.6. The van der Waals surface area contributed by atoms with Crippen LogP contribution in [0.25, 0.3) is 0 Å². The Bertz CT molecular complexity index is 737. The molecule has 1 aromatic rings. The molecule has 2 saturated heterocycles. The molecule has 3 rings (SSSR count). The van der Waals surface area contributed by atoms with E-state index in [1.54, 1.807) is 6.92 Å². The van der Waals surface area contributed by atoms with Crippen molar-refractivity contribution >= 4 is 15.9 Å². The molecule has 7 heteroatoms. The number of carbonyl (C=O) groups is 1. The third-order valence-corrected chi connectivity index (χ3v) is 7.63. The van der Waals surface area contributed by atoms with Gasteiger partial charge in [-0.2, -0.15) is 0 Å². The summed E-state index contributed by atoms with van der Waals surface area (Å²) >= 11 is 0. The maximum atomic E-state index is 12.6. The quantitative estimate of drug-likeness (QED) is 0.769. The first kappa shape index (κ1) is 20.3. The summed E-state index contributed by atoms with van der Waals surface area (Å²) in [6, 6.07) is 8.31. The lowest BCUT2D eigenvalue weighted by atomic mass is 9.97. The van der Waals surface area contributed by atoms with Gasteiger partial charge in [0.05, 0.1) is 5.75 Å². The Balaban J connectivity index is 1.51. The van der Waals surface area contributed by atoms with Crippen molar-refractivity contribution in [1.82, 2.24) is 14.5 Å². The van der Waals surface area contributed by atoms with Crippen molar-refractivity contribution in [3.05, 3.63) is 35.4 Å². The number of hydrogen-bond donors (Lipinski definition) is 1. The van der Waals surface area contributed by atoms with Gasteiger partial charge in [0.2, 0.25) is 15.9 Å². The number of sulfonamides is 1. The molecule has 0 aromatic heterocycles. The second-order valence-corrected chi connectivity index (χ2v) is 9.80. The second kappa shape index (κ2) is 9.17. The Morgan fingerprint density at radius 1 is 1.07 bits per heavy atom. The number of benzene rings is 1. The van der Waals surface area contributed by atoms with Crippen LogP contribution in [0.4, 0.5) is 0 Å². The fraction of sp³-hybridized carbons (Fsp3) is 0.650. The Morgan fingerprint density at radius 2 is 1.70 bits per heavy atom. The fourth-order valence-corrected chi connectivity index (χ4v) is 5.10. The molecule has 1 amide bonds. The first-order valence-electron chi connectivity index (χ1n) is 10.0. The van der Waals surface area contributed by atoms with Crippen LogP contribution in [-0.2, 0) is 27.9 Å². The molecule has 150 valence electrons. The van der Waals surface area contributed by atoms with Gasteiger partial charge in [-0.25, -0.2) is 12.7 Å². The zero-order valence-corrected chi connectivity index (χ0v) is 17.0. The zero-order valence-electron chi connectivity index (χ0n) is 16.2. The fourth-order valence-electron chi connectivity index (χ4n) is 3.97. The van der Waals surface area contributed by atoms with Gasteiger partial charge in [-0.3, -0.25) is 9.69 Å². The molecule has 2 heterocycles. The molecule has 1 N–H and O–H groups in total. The van der Waals surface area contributed by atoms with Crippen LogP contribution in [0, 0.1) is 5.92 Å². The third-order valence-electron chi connectivity index (χ3n) is 5.75.